The Bertz CT molecular complexity index is 1150. The van der Waals surface area contributed by atoms with Gasteiger partial charge in [-0.15, -0.1) is 13.2 Å². The predicted octanol–water partition coefficient (Wildman–Crippen LogP) is 6.44. The number of nitrogens with one attached hydrogen (secondary N) is 1. The van der Waals surface area contributed by atoms with Crippen molar-refractivity contribution in [1.82, 2.24) is 5.53 Å². The maximum absolute atomic E-state index is 13.8. The van der Waals surface area contributed by atoms with Crippen LogP contribution in [0.5, 0.6) is 5.75 Å². The van der Waals surface area contributed by atoms with E-state index in [0.29, 0.717) is 29.4 Å². The lowest BCUT2D eigenvalue weighted by Crippen LogP contribution is -2.58. The number of rotatable bonds is 6. The number of carbonyl (C=O) groups excluding carboxylic acids is 1. The number of nitrogens with zero attached hydrogens (tertiary/aromatic N) is 2. The van der Waals surface area contributed by atoms with E-state index in [-0.39, 0.29) is 40.5 Å². The van der Waals surface area contributed by atoms with Crippen molar-refractivity contribution in [3.63, 3.8) is 0 Å². The molecule has 4 fully saturated rings. The average molecular weight is 565 g/mol. The fourth-order valence-electron chi connectivity index (χ4n) is 9.91. The Morgan fingerprint density at radius 2 is 1.93 bits per heavy atom. The van der Waals surface area contributed by atoms with Crippen LogP contribution >= 0.6 is 0 Å². The summed E-state index contributed by atoms with van der Waals surface area (Å²) in [6, 6.07) is 4.35. The second kappa shape index (κ2) is 9.76. The number of alkyl halides is 3. The van der Waals surface area contributed by atoms with Gasteiger partial charge in [-0.25, -0.2) is 0 Å². The molecule has 0 spiro atoms. The molecule has 0 aromatic heterocycles. The van der Waals surface area contributed by atoms with Crippen LogP contribution in [0.2, 0.25) is 0 Å². The zero-order chi connectivity index (χ0) is 28.5. The Kier molecular flexibility index (Phi) is 6.86. The van der Waals surface area contributed by atoms with Gasteiger partial charge in [-0.3, -0.25) is 4.79 Å². The van der Waals surface area contributed by atoms with E-state index in [1.165, 1.54) is 17.1 Å². The van der Waals surface area contributed by atoms with Gasteiger partial charge in [0.25, 0.3) is 0 Å². The highest BCUT2D eigenvalue weighted by molar-refractivity contribution is 5.90. The number of hydrogen-bond acceptors (Lipinski definition) is 6. The summed E-state index contributed by atoms with van der Waals surface area (Å²) in [7, 11) is 1.80. The van der Waals surface area contributed by atoms with Crippen molar-refractivity contribution in [2.45, 2.75) is 83.6 Å². The van der Waals surface area contributed by atoms with Gasteiger partial charge >= 0.3 is 6.36 Å². The van der Waals surface area contributed by atoms with Crippen LogP contribution in [0, 0.1) is 40.4 Å². The van der Waals surface area contributed by atoms with Crippen LogP contribution in [-0.4, -0.2) is 43.1 Å². The summed E-state index contributed by atoms with van der Waals surface area (Å²) in [5.74, 6) is 1.66. The maximum atomic E-state index is 13.8. The third-order valence-corrected chi connectivity index (χ3v) is 11.5. The minimum Gasteiger partial charge on any atom is -0.599 e. The molecular formula is C30H41F3N3O4-. The Morgan fingerprint density at radius 3 is 2.67 bits per heavy atom. The largest absolute Gasteiger partial charge is 0.599 e. The number of hydrogen-bond donors (Lipinski definition) is 2. The molecular weight excluding hydrogens is 523 g/mol. The standard InChI is InChI=1S/C30H41F3N3O4/c1-27(38)13-14-29(17-39-3)18(15-27)7-8-19-20-9-10-22(28(20,2)12-11-21(19)29)24(37)16-36-23-5-4-6-25(26(23)34-35-36)40-30(31,32)33/h4-6,18-22,35,38H,7-17H2,1-3H3/q-1/t18-,19-,20-,21-,22+,27+,28-,29+/m0/s1. The summed E-state index contributed by atoms with van der Waals surface area (Å²) >= 11 is 0. The third kappa shape index (κ3) is 4.58. The van der Waals surface area contributed by atoms with E-state index in [2.05, 4.69) is 22.6 Å². The smallest absolute Gasteiger partial charge is 0.573 e. The Balaban J connectivity index is 1.18. The monoisotopic (exact) mass is 564 g/mol. The van der Waals surface area contributed by atoms with Gasteiger partial charge in [0, 0.05) is 18.7 Å². The number of carbonyl (C=O) groups is 1. The number of ketones is 1. The number of halogens is 3. The first kappa shape index (κ1) is 28.1. The van der Waals surface area contributed by atoms with E-state index in [4.69, 9.17) is 4.74 Å². The van der Waals surface area contributed by atoms with Crippen molar-refractivity contribution in [2.24, 2.45) is 40.4 Å². The molecule has 5 aliphatic rings. The molecule has 8 atom stereocenters. The van der Waals surface area contributed by atoms with E-state index < -0.39 is 12.0 Å². The van der Waals surface area contributed by atoms with E-state index >= 15 is 0 Å². The number of methoxy groups -OCH3 is 1. The maximum Gasteiger partial charge on any atom is 0.573 e. The van der Waals surface area contributed by atoms with Gasteiger partial charge in [0.2, 0.25) is 0 Å². The molecule has 7 nitrogen and oxygen atoms in total. The normalized spacial score (nSPS) is 40.5. The van der Waals surface area contributed by atoms with Crippen LogP contribution in [0.1, 0.15) is 71.6 Å². The van der Waals surface area contributed by atoms with Gasteiger partial charge in [0.15, 0.2) is 5.78 Å². The number of fused-ring (bicyclic) bond motifs is 6. The zero-order valence-corrected chi connectivity index (χ0v) is 23.6. The molecule has 6 rings (SSSR count). The summed E-state index contributed by atoms with van der Waals surface area (Å²) < 4.78 is 48.6. The second-order valence-corrected chi connectivity index (χ2v) is 13.6. The van der Waals surface area contributed by atoms with Crippen LogP contribution < -0.4 is 15.3 Å². The summed E-state index contributed by atoms with van der Waals surface area (Å²) in [5, 5.41) is 12.4. The molecule has 10 heteroatoms. The first-order valence-electron chi connectivity index (χ1n) is 14.7. The number of benzene rings is 1. The van der Waals surface area contributed by atoms with Gasteiger partial charge < -0.3 is 30.5 Å². The first-order chi connectivity index (χ1) is 18.9. The number of Topliss-reactive ketones (excluding diaryl/α,β-unsaturated/α-hetero) is 1. The number of anilines is 1. The number of para-hydroxylation sites is 1. The van der Waals surface area contributed by atoms with E-state index in [1.807, 2.05) is 6.92 Å². The lowest BCUT2D eigenvalue weighted by atomic mass is 9.43. The molecule has 0 radical (unpaired) electrons. The Morgan fingerprint density at radius 1 is 1.12 bits per heavy atom. The van der Waals surface area contributed by atoms with Crippen LogP contribution in [0.25, 0.3) is 5.43 Å². The van der Waals surface area contributed by atoms with Gasteiger partial charge in [-0.05, 0) is 111 Å². The van der Waals surface area contributed by atoms with Crippen molar-refractivity contribution >= 4 is 17.2 Å². The molecule has 4 saturated carbocycles. The third-order valence-electron chi connectivity index (χ3n) is 11.5. The summed E-state index contributed by atoms with van der Waals surface area (Å²) in [6.07, 6.45) is 3.99. The van der Waals surface area contributed by atoms with Crippen molar-refractivity contribution < 1.29 is 32.5 Å². The first-order valence-corrected chi connectivity index (χ1v) is 14.7. The lowest BCUT2D eigenvalue weighted by molar-refractivity contribution is -0.274. The Hall–Kier alpha value is -2.04. The highest BCUT2D eigenvalue weighted by atomic mass is 19.4. The number of ether oxygens (including phenoxy) is 2. The lowest BCUT2D eigenvalue weighted by Gasteiger charge is -2.62. The molecule has 1 aromatic carbocycles. The molecule has 1 aromatic rings. The summed E-state index contributed by atoms with van der Waals surface area (Å²) in [6.45, 7) is 5.06. The second-order valence-electron chi connectivity index (χ2n) is 13.6. The van der Waals surface area contributed by atoms with Crippen molar-refractivity contribution in [3.05, 3.63) is 23.6 Å². The Labute approximate surface area is 234 Å². The highest BCUT2D eigenvalue weighted by Crippen LogP contribution is 2.68. The van der Waals surface area contributed by atoms with Gasteiger partial charge in [0.1, 0.15) is 5.75 Å². The molecule has 2 N–H and O–H groups in total. The molecule has 0 saturated heterocycles. The minimum absolute atomic E-state index is 0.0395. The SMILES string of the molecule is COC[C@]12CC[C@@](C)(O)C[C@@H]1CC[C@H]1[C@@H]3CC[C@H](C(=O)CN4N[N-]c5c(OC(F)(F)F)cccc54)[C@@]3(C)CC[C@@H]12. The van der Waals surface area contributed by atoms with Crippen molar-refractivity contribution in [2.75, 3.05) is 25.3 Å². The van der Waals surface area contributed by atoms with Crippen LogP contribution in [0.3, 0.4) is 0 Å². The van der Waals surface area contributed by atoms with Crippen LogP contribution in [0.15, 0.2) is 18.2 Å². The minimum atomic E-state index is -4.82. The number of aliphatic hydroxyl groups is 1. The fourth-order valence-corrected chi connectivity index (χ4v) is 9.91. The van der Waals surface area contributed by atoms with E-state index in [1.54, 1.807) is 13.2 Å². The van der Waals surface area contributed by atoms with Crippen molar-refractivity contribution in [1.29, 1.82) is 0 Å². The summed E-state index contributed by atoms with van der Waals surface area (Å²) in [4.78, 5) is 13.8. The quantitative estimate of drug-likeness (QED) is 0.414. The van der Waals surface area contributed by atoms with E-state index in [9.17, 15) is 23.1 Å². The molecule has 222 valence electrons. The molecule has 1 heterocycles. The number of hydrazine groups is 1. The highest BCUT2D eigenvalue weighted by Gasteiger charge is 2.63. The van der Waals surface area contributed by atoms with Crippen LogP contribution in [0.4, 0.5) is 24.5 Å². The topological polar surface area (TPSA) is 85.1 Å². The van der Waals surface area contributed by atoms with Gasteiger partial charge in [0.05, 0.1) is 18.8 Å². The molecule has 0 bridgehead atoms. The van der Waals surface area contributed by atoms with Crippen LogP contribution in [-0.2, 0) is 9.53 Å². The molecule has 0 amide bonds. The average Bonchev–Trinajstić information content (AvgIpc) is 3.44. The summed E-state index contributed by atoms with van der Waals surface area (Å²) in [5.41, 5.74) is 6.65. The molecule has 1 aliphatic heterocycles. The van der Waals surface area contributed by atoms with Crippen molar-refractivity contribution in [3.8, 4) is 5.75 Å². The molecule has 40 heavy (non-hydrogen) atoms. The predicted molar refractivity (Wildman–Crippen MR) is 144 cm³/mol. The zero-order valence-electron chi connectivity index (χ0n) is 23.6. The van der Waals surface area contributed by atoms with Gasteiger partial charge in [-0.2, -0.15) is 0 Å². The van der Waals surface area contributed by atoms with Gasteiger partial charge in [-0.1, -0.05) is 18.7 Å². The molecule has 0 unspecified atom stereocenters. The fraction of sp³-hybridized carbons (Fsp3) is 0.767. The van der Waals surface area contributed by atoms with E-state index in [0.717, 1.165) is 64.4 Å². The molecule has 4 aliphatic carbocycles.